The van der Waals surface area contributed by atoms with Crippen molar-refractivity contribution in [2.24, 2.45) is 0 Å². The third-order valence-corrected chi connectivity index (χ3v) is 4.43. The zero-order chi connectivity index (χ0) is 16.9. The molecular formula is C15H11Cl2N5OS. The van der Waals surface area contributed by atoms with Crippen molar-refractivity contribution < 1.29 is 4.79 Å². The van der Waals surface area contributed by atoms with Crippen LogP contribution in [0.25, 0.3) is 0 Å². The van der Waals surface area contributed by atoms with Gasteiger partial charge in [-0.3, -0.25) is 15.1 Å². The molecule has 2 aromatic heterocycles. The Morgan fingerprint density at radius 2 is 1.83 bits per heavy atom. The smallest absolute Gasteiger partial charge is 0.260 e. The van der Waals surface area contributed by atoms with Gasteiger partial charge < -0.3 is 5.32 Å². The molecule has 24 heavy (non-hydrogen) atoms. The fraction of sp³-hybridized carbons (Fsp3) is 0.0667. The number of amides is 1. The number of carbonyl (C=O) groups is 1. The van der Waals surface area contributed by atoms with Crippen molar-refractivity contribution >= 4 is 50.7 Å². The molecule has 6 nitrogen and oxygen atoms in total. The summed E-state index contributed by atoms with van der Waals surface area (Å²) in [6, 6.07) is 8.68. The maximum absolute atomic E-state index is 12.3. The molecular weight excluding hydrogens is 369 g/mol. The normalized spacial score (nSPS) is 10.4. The summed E-state index contributed by atoms with van der Waals surface area (Å²) in [5, 5.41) is 15.2. The van der Waals surface area contributed by atoms with Crippen molar-refractivity contribution in [2.75, 3.05) is 10.6 Å². The van der Waals surface area contributed by atoms with Crippen molar-refractivity contribution in [3.05, 3.63) is 63.9 Å². The van der Waals surface area contributed by atoms with Gasteiger partial charge in [0.1, 0.15) is 0 Å². The van der Waals surface area contributed by atoms with E-state index in [0.29, 0.717) is 16.8 Å². The highest BCUT2D eigenvalue weighted by atomic mass is 35.5. The highest BCUT2D eigenvalue weighted by molar-refractivity contribution is 7.19. The lowest BCUT2D eigenvalue weighted by atomic mass is 10.2. The second-order valence-electron chi connectivity index (χ2n) is 4.68. The van der Waals surface area contributed by atoms with Gasteiger partial charge in [-0.15, -0.1) is 10.2 Å². The summed E-state index contributed by atoms with van der Waals surface area (Å²) in [6.45, 7) is 0.562. The van der Waals surface area contributed by atoms with E-state index in [2.05, 4.69) is 25.8 Å². The Morgan fingerprint density at radius 3 is 2.54 bits per heavy atom. The third kappa shape index (κ3) is 4.00. The van der Waals surface area contributed by atoms with Crippen LogP contribution >= 0.6 is 34.5 Å². The fourth-order valence-corrected chi connectivity index (χ4v) is 3.10. The lowest BCUT2D eigenvalue weighted by molar-refractivity contribution is 0.102. The Morgan fingerprint density at radius 1 is 1.08 bits per heavy atom. The monoisotopic (exact) mass is 379 g/mol. The number of nitrogens with one attached hydrogen (secondary N) is 2. The van der Waals surface area contributed by atoms with E-state index in [1.165, 1.54) is 11.3 Å². The molecule has 2 N–H and O–H groups in total. The number of rotatable bonds is 5. The molecule has 1 amide bonds. The van der Waals surface area contributed by atoms with Gasteiger partial charge >= 0.3 is 0 Å². The minimum Gasteiger partial charge on any atom is -0.356 e. The summed E-state index contributed by atoms with van der Waals surface area (Å²) >= 11 is 13.2. The number of carbonyl (C=O) groups excluding carboxylic acids is 1. The number of pyridine rings is 1. The molecule has 0 bridgehead atoms. The molecule has 0 atom stereocenters. The van der Waals surface area contributed by atoms with Crippen LogP contribution in [0.1, 0.15) is 15.9 Å². The van der Waals surface area contributed by atoms with Gasteiger partial charge in [0.15, 0.2) is 0 Å². The third-order valence-electron chi connectivity index (χ3n) is 3.00. The van der Waals surface area contributed by atoms with E-state index in [0.717, 1.165) is 5.56 Å². The maximum atomic E-state index is 12.3. The van der Waals surface area contributed by atoms with Crippen molar-refractivity contribution in [1.82, 2.24) is 15.2 Å². The fourth-order valence-electron chi connectivity index (χ4n) is 1.90. The molecule has 3 rings (SSSR count). The average Bonchev–Trinajstić information content (AvgIpc) is 3.01. The average molecular weight is 380 g/mol. The number of halogens is 2. The predicted molar refractivity (Wildman–Crippen MR) is 95.9 cm³/mol. The van der Waals surface area contributed by atoms with Crippen LogP contribution in [0.4, 0.5) is 10.3 Å². The van der Waals surface area contributed by atoms with Crippen LogP contribution < -0.4 is 10.6 Å². The molecule has 0 radical (unpaired) electrons. The Hall–Kier alpha value is -2.22. The first-order valence-electron chi connectivity index (χ1n) is 6.85. The van der Waals surface area contributed by atoms with Crippen LogP contribution in [0.15, 0.2) is 42.7 Å². The van der Waals surface area contributed by atoms with Gasteiger partial charge in [-0.2, -0.15) is 0 Å². The molecule has 0 aliphatic rings. The van der Waals surface area contributed by atoms with Crippen LogP contribution in [0.5, 0.6) is 0 Å². The first-order chi connectivity index (χ1) is 11.6. The summed E-state index contributed by atoms with van der Waals surface area (Å²) in [5.74, 6) is -0.430. The molecule has 0 saturated heterocycles. The van der Waals surface area contributed by atoms with Gasteiger partial charge in [-0.05, 0) is 23.8 Å². The van der Waals surface area contributed by atoms with Crippen molar-refractivity contribution in [3.8, 4) is 0 Å². The van der Waals surface area contributed by atoms with Crippen molar-refractivity contribution in [3.63, 3.8) is 0 Å². The Kier molecular flexibility index (Phi) is 5.24. The van der Waals surface area contributed by atoms with Crippen LogP contribution in [0, 0.1) is 0 Å². The van der Waals surface area contributed by atoms with E-state index in [-0.39, 0.29) is 15.6 Å². The van der Waals surface area contributed by atoms with Gasteiger partial charge in [0.2, 0.25) is 10.3 Å². The molecule has 9 heteroatoms. The molecule has 0 aliphatic carbocycles. The summed E-state index contributed by atoms with van der Waals surface area (Å²) in [4.78, 5) is 16.3. The molecule has 0 unspecified atom stereocenters. The predicted octanol–water partition coefficient (Wildman–Crippen LogP) is 4.10. The standard InChI is InChI=1S/C15H11Cl2N5OS/c16-10-4-1-5-11(17)12(10)13(23)20-15-22-21-14(24-15)19-8-9-3-2-6-18-7-9/h1-7H,8H2,(H,19,21)(H,20,22,23). The molecule has 2 heterocycles. The summed E-state index contributed by atoms with van der Waals surface area (Å²) in [6.07, 6.45) is 3.47. The quantitative estimate of drug-likeness (QED) is 0.697. The second kappa shape index (κ2) is 7.57. The molecule has 0 spiro atoms. The molecule has 1 aromatic carbocycles. The number of aromatic nitrogens is 3. The van der Waals surface area contributed by atoms with E-state index in [4.69, 9.17) is 23.2 Å². The SMILES string of the molecule is O=C(Nc1nnc(NCc2cccnc2)s1)c1c(Cl)cccc1Cl. The number of anilines is 2. The molecule has 0 fully saturated rings. The number of hydrogen-bond donors (Lipinski definition) is 2. The van der Waals surface area contributed by atoms with E-state index >= 15 is 0 Å². The van der Waals surface area contributed by atoms with Crippen LogP contribution in [-0.4, -0.2) is 21.1 Å². The minimum absolute atomic E-state index is 0.209. The number of benzene rings is 1. The topological polar surface area (TPSA) is 79.8 Å². The summed E-state index contributed by atoms with van der Waals surface area (Å²) in [7, 11) is 0. The van der Waals surface area contributed by atoms with Crippen molar-refractivity contribution in [1.29, 1.82) is 0 Å². The number of hydrogen-bond acceptors (Lipinski definition) is 6. The molecule has 3 aromatic rings. The number of nitrogens with zero attached hydrogens (tertiary/aromatic N) is 3. The maximum Gasteiger partial charge on any atom is 0.260 e. The van der Waals surface area contributed by atoms with E-state index in [1.54, 1.807) is 30.6 Å². The van der Waals surface area contributed by atoms with E-state index in [9.17, 15) is 4.79 Å². The highest BCUT2D eigenvalue weighted by Gasteiger charge is 2.16. The minimum atomic E-state index is -0.430. The van der Waals surface area contributed by atoms with Crippen LogP contribution in [0.2, 0.25) is 10.0 Å². The van der Waals surface area contributed by atoms with Gasteiger partial charge in [0.05, 0.1) is 15.6 Å². The van der Waals surface area contributed by atoms with E-state index in [1.807, 2.05) is 12.1 Å². The molecule has 0 aliphatic heterocycles. The van der Waals surface area contributed by atoms with Crippen LogP contribution in [-0.2, 0) is 6.54 Å². The van der Waals surface area contributed by atoms with Gasteiger partial charge in [-0.1, -0.05) is 46.7 Å². The lowest BCUT2D eigenvalue weighted by Crippen LogP contribution is -2.12. The zero-order valence-electron chi connectivity index (χ0n) is 12.2. The lowest BCUT2D eigenvalue weighted by Gasteiger charge is -2.05. The zero-order valence-corrected chi connectivity index (χ0v) is 14.5. The molecule has 0 saturated carbocycles. The van der Waals surface area contributed by atoms with Gasteiger partial charge in [-0.25, -0.2) is 0 Å². The largest absolute Gasteiger partial charge is 0.356 e. The first kappa shape index (κ1) is 16.6. The Bertz CT molecular complexity index is 836. The van der Waals surface area contributed by atoms with Crippen LogP contribution in [0.3, 0.4) is 0 Å². The highest BCUT2D eigenvalue weighted by Crippen LogP contribution is 2.27. The van der Waals surface area contributed by atoms with Gasteiger partial charge in [0, 0.05) is 18.9 Å². The molecule has 122 valence electrons. The Labute approximate surface area is 151 Å². The van der Waals surface area contributed by atoms with Crippen molar-refractivity contribution in [2.45, 2.75) is 6.54 Å². The second-order valence-corrected chi connectivity index (χ2v) is 6.47. The summed E-state index contributed by atoms with van der Waals surface area (Å²) in [5.41, 5.74) is 1.22. The van der Waals surface area contributed by atoms with E-state index < -0.39 is 5.91 Å². The summed E-state index contributed by atoms with van der Waals surface area (Å²) < 4.78 is 0. The first-order valence-corrected chi connectivity index (χ1v) is 8.42. The van der Waals surface area contributed by atoms with Gasteiger partial charge in [0.25, 0.3) is 5.91 Å². The Balaban J connectivity index is 1.64.